The number of hydrogen-bond acceptors (Lipinski definition) is 3. The molecule has 0 saturated heterocycles. The summed E-state index contributed by atoms with van der Waals surface area (Å²) in [5, 5.41) is 2.07. The van der Waals surface area contributed by atoms with Crippen LogP contribution in [0.2, 0.25) is 0 Å². The topological polar surface area (TPSA) is 48.3 Å². The summed E-state index contributed by atoms with van der Waals surface area (Å²) >= 11 is 0. The van der Waals surface area contributed by atoms with Gasteiger partial charge in [0.15, 0.2) is 0 Å². The molecule has 0 N–H and O–H groups in total. The first-order valence-corrected chi connectivity index (χ1v) is 9.53. The fraction of sp³-hybridized carbons (Fsp3) is 0. The van der Waals surface area contributed by atoms with Gasteiger partial charge in [-0.2, -0.15) is 0 Å². The Morgan fingerprint density at radius 1 is 0.724 bits per heavy atom. The first kappa shape index (κ1) is 14.9. The van der Waals surface area contributed by atoms with E-state index >= 15 is 0 Å². The van der Waals surface area contributed by atoms with Crippen molar-refractivity contribution in [2.24, 2.45) is 0 Å². The van der Waals surface area contributed by atoms with Crippen LogP contribution in [0, 0.1) is 0 Å². The second kappa shape index (κ2) is 5.23. The van der Waals surface area contributed by atoms with Crippen LogP contribution in [0.4, 0.5) is 0 Å². The Kier molecular flexibility index (Phi) is 2.68. The quantitative estimate of drug-likeness (QED) is 0.369. The molecule has 29 heavy (non-hydrogen) atoms. The van der Waals surface area contributed by atoms with Gasteiger partial charge in [0, 0.05) is 17.0 Å². The van der Waals surface area contributed by atoms with Crippen LogP contribution in [0.1, 0.15) is 0 Å². The molecule has 4 heterocycles. The van der Waals surface area contributed by atoms with Gasteiger partial charge < -0.3 is 4.42 Å². The van der Waals surface area contributed by atoms with E-state index in [0.29, 0.717) is 5.71 Å². The minimum absolute atomic E-state index is 0.661. The molecule has 0 fully saturated rings. The van der Waals surface area contributed by atoms with Crippen molar-refractivity contribution in [3.63, 3.8) is 0 Å². The molecule has 136 valence electrons. The lowest BCUT2D eigenvalue weighted by Gasteiger charge is -2.05. The van der Waals surface area contributed by atoms with Crippen LogP contribution in [0.5, 0.6) is 0 Å². The molecule has 7 rings (SSSR count). The van der Waals surface area contributed by atoms with E-state index in [-0.39, 0.29) is 0 Å². The number of imidazole rings is 2. The molecular weight excluding hydrogens is 360 g/mol. The maximum absolute atomic E-state index is 5.91. The Morgan fingerprint density at radius 3 is 2.48 bits per heavy atom. The highest BCUT2D eigenvalue weighted by atomic mass is 16.3. The average molecular weight is 374 g/mol. The predicted molar refractivity (Wildman–Crippen MR) is 115 cm³/mol. The molecule has 0 radical (unpaired) electrons. The molecule has 0 aliphatic rings. The Morgan fingerprint density at radius 2 is 1.55 bits per heavy atom. The van der Waals surface area contributed by atoms with Crippen LogP contribution in [0.25, 0.3) is 55.6 Å². The Bertz CT molecular complexity index is 1720. The molecule has 0 amide bonds. The lowest BCUT2D eigenvalue weighted by atomic mass is 10.1. The molecule has 0 unspecified atom stereocenters. The third-order valence-corrected chi connectivity index (χ3v) is 5.60. The van der Waals surface area contributed by atoms with E-state index in [2.05, 4.69) is 68.5 Å². The molecule has 5 nitrogen and oxygen atoms in total. The Hall–Kier alpha value is -4.12. The highest BCUT2D eigenvalue weighted by Crippen LogP contribution is 2.33. The number of pyridine rings is 1. The molecule has 3 aromatic carbocycles. The van der Waals surface area contributed by atoms with Crippen LogP contribution in [0.3, 0.4) is 0 Å². The third-order valence-electron chi connectivity index (χ3n) is 5.60. The van der Waals surface area contributed by atoms with Gasteiger partial charge in [-0.05, 0) is 54.6 Å². The lowest BCUT2D eigenvalue weighted by molar-refractivity contribution is 0.654. The highest BCUT2D eigenvalue weighted by Gasteiger charge is 2.17. The van der Waals surface area contributed by atoms with Crippen LogP contribution < -0.4 is 0 Å². The van der Waals surface area contributed by atoms with Gasteiger partial charge in [-0.15, -0.1) is 0 Å². The maximum atomic E-state index is 5.91. The summed E-state index contributed by atoms with van der Waals surface area (Å²) in [4.78, 5) is 9.30. The summed E-state index contributed by atoms with van der Waals surface area (Å²) in [7, 11) is 0. The number of rotatable bonds is 1. The number of nitrogens with zero attached hydrogens (tertiary/aromatic N) is 4. The summed E-state index contributed by atoms with van der Waals surface area (Å²) in [5.74, 6) is 0.901. The van der Waals surface area contributed by atoms with Crippen molar-refractivity contribution < 1.29 is 4.42 Å². The first-order chi connectivity index (χ1) is 14.4. The van der Waals surface area contributed by atoms with Crippen molar-refractivity contribution in [1.29, 1.82) is 0 Å². The van der Waals surface area contributed by atoms with Gasteiger partial charge in [-0.1, -0.05) is 24.3 Å². The first-order valence-electron chi connectivity index (χ1n) is 9.53. The van der Waals surface area contributed by atoms with E-state index in [0.717, 1.165) is 49.9 Å². The van der Waals surface area contributed by atoms with Gasteiger partial charge in [-0.3, -0.25) is 8.97 Å². The highest BCUT2D eigenvalue weighted by molar-refractivity contribution is 6.04. The van der Waals surface area contributed by atoms with Crippen LogP contribution in [-0.2, 0) is 0 Å². The minimum Gasteiger partial charge on any atom is -0.438 e. The van der Waals surface area contributed by atoms with E-state index in [4.69, 9.17) is 9.40 Å². The fourth-order valence-electron chi connectivity index (χ4n) is 4.34. The molecule has 0 saturated carbocycles. The summed E-state index contributed by atoms with van der Waals surface area (Å²) in [6.45, 7) is 0. The zero-order valence-electron chi connectivity index (χ0n) is 15.3. The van der Waals surface area contributed by atoms with Crippen molar-refractivity contribution in [2.45, 2.75) is 0 Å². The molecule has 0 atom stereocenters. The number of aromatic nitrogens is 4. The van der Waals surface area contributed by atoms with Crippen molar-refractivity contribution in [3.05, 3.63) is 85.1 Å². The number of fused-ring (bicyclic) bond motifs is 8. The maximum Gasteiger partial charge on any atom is 0.227 e. The van der Waals surface area contributed by atoms with Gasteiger partial charge in [0.2, 0.25) is 11.5 Å². The SMILES string of the molecule is c1ccc2c(c1)nc1n(-c3ccc4oc5ncccc5c4c3)c3ccccc3n21. The zero-order chi connectivity index (χ0) is 18.9. The van der Waals surface area contributed by atoms with E-state index in [1.54, 1.807) is 6.20 Å². The number of para-hydroxylation sites is 4. The second-order valence-electron chi connectivity index (χ2n) is 7.20. The predicted octanol–water partition coefficient (Wildman–Crippen LogP) is 5.73. The van der Waals surface area contributed by atoms with E-state index in [1.165, 1.54) is 0 Å². The number of hydrogen-bond donors (Lipinski definition) is 0. The zero-order valence-corrected chi connectivity index (χ0v) is 15.3. The van der Waals surface area contributed by atoms with Gasteiger partial charge in [-0.25, -0.2) is 9.97 Å². The van der Waals surface area contributed by atoms with E-state index in [9.17, 15) is 0 Å². The normalized spacial score (nSPS) is 12.1. The van der Waals surface area contributed by atoms with Crippen LogP contribution in [0.15, 0.2) is 89.5 Å². The third kappa shape index (κ3) is 1.88. The molecule has 0 aliphatic heterocycles. The lowest BCUT2D eigenvalue weighted by Crippen LogP contribution is -1.94. The standard InChI is InChI=1S/C24H14N4O/c1-2-8-19-18(7-1)26-24-27(20-9-3-4-10-21(20)28(19)24)15-11-12-22-17(14-15)16-6-5-13-25-23(16)29-22/h1-14H. The van der Waals surface area contributed by atoms with Gasteiger partial charge in [0.1, 0.15) is 5.58 Å². The summed E-state index contributed by atoms with van der Waals surface area (Å²) < 4.78 is 10.3. The Labute approximate surface area is 164 Å². The second-order valence-corrected chi connectivity index (χ2v) is 7.20. The molecule has 4 aromatic heterocycles. The summed E-state index contributed by atoms with van der Waals surface area (Å²) in [6, 6.07) is 26.9. The molecule has 7 aromatic rings. The van der Waals surface area contributed by atoms with E-state index < -0.39 is 0 Å². The average Bonchev–Trinajstić information content (AvgIpc) is 3.41. The largest absolute Gasteiger partial charge is 0.438 e. The van der Waals surface area contributed by atoms with Gasteiger partial charge in [0.05, 0.1) is 27.8 Å². The van der Waals surface area contributed by atoms with Crippen molar-refractivity contribution in [1.82, 2.24) is 18.9 Å². The summed E-state index contributed by atoms with van der Waals surface area (Å²) in [5.41, 5.74) is 6.89. The van der Waals surface area contributed by atoms with Crippen molar-refractivity contribution >= 4 is 49.9 Å². The van der Waals surface area contributed by atoms with Crippen molar-refractivity contribution in [3.8, 4) is 5.69 Å². The molecule has 0 aliphatic carbocycles. The van der Waals surface area contributed by atoms with Gasteiger partial charge >= 0.3 is 0 Å². The molecule has 0 bridgehead atoms. The molecule has 0 spiro atoms. The van der Waals surface area contributed by atoms with Crippen LogP contribution in [-0.4, -0.2) is 18.9 Å². The smallest absolute Gasteiger partial charge is 0.227 e. The summed E-state index contributed by atoms with van der Waals surface area (Å²) in [6.07, 6.45) is 1.75. The fourth-order valence-corrected chi connectivity index (χ4v) is 4.34. The van der Waals surface area contributed by atoms with E-state index in [1.807, 2.05) is 24.3 Å². The molecule has 5 heteroatoms. The monoisotopic (exact) mass is 374 g/mol. The number of benzene rings is 3. The molecular formula is C24H14N4O. The minimum atomic E-state index is 0.661. The number of furan rings is 1. The Balaban J connectivity index is 1.65. The van der Waals surface area contributed by atoms with Gasteiger partial charge in [0.25, 0.3) is 0 Å². The van der Waals surface area contributed by atoms with Crippen molar-refractivity contribution in [2.75, 3.05) is 0 Å². The van der Waals surface area contributed by atoms with Crippen LogP contribution >= 0.6 is 0 Å².